The number of hydrogen-bond acceptors (Lipinski definition) is 6. The molecule has 0 atom stereocenters. The summed E-state index contributed by atoms with van der Waals surface area (Å²) in [6, 6.07) is 7.75. The van der Waals surface area contributed by atoms with Crippen molar-refractivity contribution in [3.8, 4) is 0 Å². The van der Waals surface area contributed by atoms with Gasteiger partial charge in [0.25, 0.3) is 15.9 Å². The Balaban J connectivity index is 2.24. The van der Waals surface area contributed by atoms with Crippen molar-refractivity contribution in [1.29, 1.82) is 0 Å². The average Bonchev–Trinajstić information content (AvgIpc) is 2.54. The van der Waals surface area contributed by atoms with E-state index in [0.717, 1.165) is 12.3 Å². The number of rotatable bonds is 5. The lowest BCUT2D eigenvalue weighted by Crippen LogP contribution is -2.31. The highest BCUT2D eigenvalue weighted by Crippen LogP contribution is 2.12. The van der Waals surface area contributed by atoms with E-state index in [4.69, 9.17) is 10.8 Å². The molecule has 2 aromatic rings. The van der Waals surface area contributed by atoms with Crippen molar-refractivity contribution in [1.82, 2.24) is 9.71 Å². The van der Waals surface area contributed by atoms with Crippen molar-refractivity contribution in [3.63, 3.8) is 0 Å². The maximum Gasteiger partial charge on any atom is 0.266 e. The largest absolute Gasteiger partial charge is 0.390 e. The SMILES string of the molecule is NC(=O)c1cccc(S(=O)(=O)NC(=O)c2ccc(CO)nc2)c1. The number of aliphatic hydroxyl groups is 1. The average molecular weight is 335 g/mol. The number of pyridine rings is 1. The van der Waals surface area contributed by atoms with Crippen LogP contribution in [0.3, 0.4) is 0 Å². The van der Waals surface area contributed by atoms with E-state index >= 15 is 0 Å². The minimum atomic E-state index is -4.16. The van der Waals surface area contributed by atoms with Gasteiger partial charge in [-0.2, -0.15) is 0 Å². The number of carbonyl (C=O) groups excluding carboxylic acids is 2. The topological polar surface area (TPSA) is 139 Å². The highest BCUT2D eigenvalue weighted by Gasteiger charge is 2.20. The fourth-order valence-electron chi connectivity index (χ4n) is 1.71. The van der Waals surface area contributed by atoms with Crippen molar-refractivity contribution in [2.45, 2.75) is 11.5 Å². The first-order valence-electron chi connectivity index (χ1n) is 6.36. The summed E-state index contributed by atoms with van der Waals surface area (Å²) in [7, 11) is -4.16. The molecule has 4 N–H and O–H groups in total. The highest BCUT2D eigenvalue weighted by molar-refractivity contribution is 7.90. The standard InChI is InChI=1S/C14H13N3O5S/c15-13(19)9-2-1-3-12(6-9)23(21,22)17-14(20)10-4-5-11(8-18)16-7-10/h1-7,18H,8H2,(H2,15,19)(H,17,20). The lowest BCUT2D eigenvalue weighted by molar-refractivity contribution is 0.0978. The zero-order chi connectivity index (χ0) is 17.0. The van der Waals surface area contributed by atoms with Crippen LogP contribution in [0.15, 0.2) is 47.5 Å². The first-order chi connectivity index (χ1) is 10.8. The molecule has 0 saturated carbocycles. The van der Waals surface area contributed by atoms with Crippen LogP contribution in [0, 0.1) is 0 Å². The van der Waals surface area contributed by atoms with Gasteiger partial charge in [0.1, 0.15) is 0 Å². The summed E-state index contributed by atoms with van der Waals surface area (Å²) in [5, 5.41) is 8.88. The molecule has 0 fully saturated rings. The van der Waals surface area contributed by atoms with Crippen LogP contribution in [0.2, 0.25) is 0 Å². The quantitative estimate of drug-likeness (QED) is 0.691. The maximum atomic E-state index is 12.2. The van der Waals surface area contributed by atoms with E-state index in [1.54, 1.807) is 0 Å². The van der Waals surface area contributed by atoms with Gasteiger partial charge < -0.3 is 10.8 Å². The number of amides is 2. The zero-order valence-corrected chi connectivity index (χ0v) is 12.6. The summed E-state index contributed by atoms with van der Waals surface area (Å²) < 4.78 is 26.2. The fraction of sp³-hybridized carbons (Fsp3) is 0.0714. The van der Waals surface area contributed by atoms with E-state index < -0.39 is 21.8 Å². The second kappa shape index (κ2) is 6.55. The van der Waals surface area contributed by atoms with E-state index in [2.05, 4.69) is 4.98 Å². The molecule has 8 nitrogen and oxygen atoms in total. The van der Waals surface area contributed by atoms with Crippen molar-refractivity contribution in [3.05, 3.63) is 59.4 Å². The normalized spacial score (nSPS) is 11.0. The molecule has 2 rings (SSSR count). The Morgan fingerprint density at radius 2 is 1.91 bits per heavy atom. The molecule has 2 amide bonds. The van der Waals surface area contributed by atoms with Gasteiger partial charge in [-0.1, -0.05) is 6.07 Å². The third-order valence-electron chi connectivity index (χ3n) is 2.90. The molecule has 0 spiro atoms. The molecule has 0 aliphatic rings. The summed E-state index contributed by atoms with van der Waals surface area (Å²) >= 11 is 0. The van der Waals surface area contributed by atoms with Crippen molar-refractivity contribution >= 4 is 21.8 Å². The van der Waals surface area contributed by atoms with Gasteiger partial charge in [-0.05, 0) is 30.3 Å². The third-order valence-corrected chi connectivity index (χ3v) is 4.23. The number of nitrogens with two attached hydrogens (primary N) is 1. The van der Waals surface area contributed by atoms with Gasteiger partial charge in [0, 0.05) is 11.8 Å². The summed E-state index contributed by atoms with van der Waals surface area (Å²) in [6.07, 6.45) is 1.15. The number of benzene rings is 1. The molecule has 1 aromatic heterocycles. The Labute approximate surface area is 132 Å². The van der Waals surface area contributed by atoms with Crippen LogP contribution in [0.1, 0.15) is 26.4 Å². The first-order valence-corrected chi connectivity index (χ1v) is 7.84. The first kappa shape index (κ1) is 16.6. The predicted molar refractivity (Wildman–Crippen MR) is 79.8 cm³/mol. The second-order valence-corrected chi connectivity index (χ2v) is 6.21. The molecule has 23 heavy (non-hydrogen) atoms. The lowest BCUT2D eigenvalue weighted by Gasteiger charge is -2.08. The number of nitrogens with zero attached hydrogens (tertiary/aromatic N) is 1. The molecule has 0 aliphatic heterocycles. The third kappa shape index (κ3) is 3.90. The van der Waals surface area contributed by atoms with E-state index in [0.29, 0.717) is 5.69 Å². The van der Waals surface area contributed by atoms with Gasteiger partial charge in [0.2, 0.25) is 5.91 Å². The molecule has 9 heteroatoms. The monoisotopic (exact) mass is 335 g/mol. The van der Waals surface area contributed by atoms with Crippen molar-refractivity contribution < 1.29 is 23.1 Å². The van der Waals surface area contributed by atoms with Gasteiger partial charge in [0.05, 0.1) is 22.8 Å². The van der Waals surface area contributed by atoms with Crippen molar-refractivity contribution in [2.24, 2.45) is 5.73 Å². The lowest BCUT2D eigenvalue weighted by atomic mass is 10.2. The Morgan fingerprint density at radius 1 is 1.17 bits per heavy atom. The Bertz CT molecular complexity index is 847. The summed E-state index contributed by atoms with van der Waals surface area (Å²) in [5.41, 5.74) is 5.46. The van der Waals surface area contributed by atoms with Crippen LogP contribution in [0.25, 0.3) is 0 Å². The van der Waals surface area contributed by atoms with Crippen LogP contribution < -0.4 is 10.5 Å². The Hall–Kier alpha value is -2.78. The molecule has 0 radical (unpaired) electrons. The van der Waals surface area contributed by atoms with E-state index in [1.807, 2.05) is 4.72 Å². The number of nitrogens with one attached hydrogen (secondary N) is 1. The number of hydrogen-bond donors (Lipinski definition) is 3. The van der Waals surface area contributed by atoms with Gasteiger partial charge in [0.15, 0.2) is 0 Å². The van der Waals surface area contributed by atoms with Gasteiger partial charge in [-0.3, -0.25) is 14.6 Å². The highest BCUT2D eigenvalue weighted by atomic mass is 32.2. The van der Waals surface area contributed by atoms with E-state index in [-0.39, 0.29) is 22.6 Å². The number of aliphatic hydroxyl groups excluding tert-OH is 1. The minimum Gasteiger partial charge on any atom is -0.390 e. The smallest absolute Gasteiger partial charge is 0.266 e. The van der Waals surface area contributed by atoms with Gasteiger partial charge in [-0.15, -0.1) is 0 Å². The van der Waals surface area contributed by atoms with Crippen LogP contribution >= 0.6 is 0 Å². The molecule has 0 bridgehead atoms. The van der Waals surface area contributed by atoms with E-state index in [9.17, 15) is 18.0 Å². The van der Waals surface area contributed by atoms with Crippen molar-refractivity contribution in [2.75, 3.05) is 0 Å². The maximum absolute atomic E-state index is 12.2. The van der Waals surface area contributed by atoms with Crippen LogP contribution in [0.5, 0.6) is 0 Å². The molecule has 1 aromatic carbocycles. The summed E-state index contributed by atoms with van der Waals surface area (Å²) in [4.78, 5) is 26.6. The van der Waals surface area contributed by atoms with E-state index in [1.165, 1.54) is 30.3 Å². The number of carbonyl (C=O) groups is 2. The molecule has 0 saturated heterocycles. The number of aromatic nitrogens is 1. The minimum absolute atomic E-state index is 0.00860. The van der Waals surface area contributed by atoms with Gasteiger partial charge in [-0.25, -0.2) is 13.1 Å². The molecule has 0 aliphatic carbocycles. The number of sulfonamides is 1. The van der Waals surface area contributed by atoms with Crippen LogP contribution in [-0.2, 0) is 16.6 Å². The molecule has 0 unspecified atom stereocenters. The summed E-state index contributed by atoms with van der Waals surface area (Å²) in [5.74, 6) is -1.66. The predicted octanol–water partition coefficient (Wildman–Crippen LogP) is -0.209. The Kier molecular flexibility index (Phi) is 4.72. The zero-order valence-electron chi connectivity index (χ0n) is 11.8. The van der Waals surface area contributed by atoms with Crippen LogP contribution in [0.4, 0.5) is 0 Å². The van der Waals surface area contributed by atoms with Crippen LogP contribution in [-0.4, -0.2) is 30.3 Å². The molecule has 1 heterocycles. The second-order valence-electron chi connectivity index (χ2n) is 4.52. The molecule has 120 valence electrons. The molecular formula is C14H13N3O5S. The summed E-state index contributed by atoms with van der Waals surface area (Å²) in [6.45, 7) is -0.292. The van der Waals surface area contributed by atoms with Gasteiger partial charge >= 0.3 is 0 Å². The number of primary amides is 1. The molecular weight excluding hydrogens is 322 g/mol. The Morgan fingerprint density at radius 3 is 2.48 bits per heavy atom. The fourth-order valence-corrected chi connectivity index (χ4v) is 2.73.